The molecular formula is C12H11N3O2S. The minimum atomic E-state index is -0.349. The lowest BCUT2D eigenvalue weighted by molar-refractivity contribution is 0.0954. The molecule has 0 unspecified atom stereocenters. The zero-order chi connectivity index (χ0) is 13.0. The van der Waals surface area contributed by atoms with Gasteiger partial charge in [-0.05, 0) is 17.5 Å². The number of hydrogen-bond acceptors (Lipinski definition) is 4. The first-order chi connectivity index (χ1) is 8.66. The number of hydrogen-bond donors (Lipinski definition) is 1. The number of amides is 1. The smallest absolute Gasteiger partial charge is 0.272 e. The van der Waals surface area contributed by atoms with E-state index in [4.69, 9.17) is 0 Å². The lowest BCUT2D eigenvalue weighted by atomic mass is 10.3. The third kappa shape index (κ3) is 2.92. The van der Waals surface area contributed by atoms with Gasteiger partial charge in [0.05, 0.1) is 11.8 Å². The number of rotatable bonds is 3. The lowest BCUT2D eigenvalue weighted by Crippen LogP contribution is -2.22. The SMILES string of the molecule is Cn1cc(C(=O)N/N=C/c2cccs2)ccc1=O. The number of aromatic nitrogens is 1. The number of carbonyl (C=O) groups is 1. The molecule has 0 aliphatic rings. The molecule has 0 spiro atoms. The minimum absolute atomic E-state index is 0.159. The number of pyridine rings is 1. The van der Waals surface area contributed by atoms with Gasteiger partial charge >= 0.3 is 0 Å². The molecule has 0 fully saturated rings. The molecule has 1 amide bonds. The second-order valence-corrected chi connectivity index (χ2v) is 4.56. The Morgan fingerprint density at radius 1 is 1.44 bits per heavy atom. The number of hydrazone groups is 1. The van der Waals surface area contributed by atoms with Crippen molar-refractivity contribution >= 4 is 23.5 Å². The van der Waals surface area contributed by atoms with Gasteiger partial charge in [-0.15, -0.1) is 11.3 Å². The van der Waals surface area contributed by atoms with Gasteiger partial charge in [-0.1, -0.05) is 6.07 Å². The fourth-order valence-corrected chi connectivity index (χ4v) is 1.90. The van der Waals surface area contributed by atoms with E-state index in [0.717, 1.165) is 4.88 Å². The largest absolute Gasteiger partial charge is 0.318 e. The highest BCUT2D eigenvalue weighted by Crippen LogP contribution is 2.04. The molecule has 6 heteroatoms. The Kier molecular flexibility index (Phi) is 3.69. The summed E-state index contributed by atoms with van der Waals surface area (Å²) in [5.41, 5.74) is 2.64. The van der Waals surface area contributed by atoms with E-state index >= 15 is 0 Å². The Morgan fingerprint density at radius 2 is 2.28 bits per heavy atom. The molecule has 2 heterocycles. The van der Waals surface area contributed by atoms with Crippen LogP contribution in [0.2, 0.25) is 0 Å². The van der Waals surface area contributed by atoms with Crippen molar-refractivity contribution in [2.45, 2.75) is 0 Å². The Bertz CT molecular complexity index is 629. The summed E-state index contributed by atoms with van der Waals surface area (Å²) in [5.74, 6) is -0.349. The zero-order valence-corrected chi connectivity index (χ0v) is 10.5. The predicted molar refractivity (Wildman–Crippen MR) is 71.1 cm³/mol. The highest BCUT2D eigenvalue weighted by Gasteiger charge is 2.04. The van der Waals surface area contributed by atoms with Crippen molar-refractivity contribution in [1.82, 2.24) is 9.99 Å². The molecule has 1 N–H and O–H groups in total. The van der Waals surface area contributed by atoms with Gasteiger partial charge in [0.15, 0.2) is 0 Å². The van der Waals surface area contributed by atoms with Gasteiger partial charge in [-0.2, -0.15) is 5.10 Å². The first kappa shape index (κ1) is 12.3. The molecule has 2 rings (SSSR count). The minimum Gasteiger partial charge on any atom is -0.318 e. The van der Waals surface area contributed by atoms with E-state index < -0.39 is 0 Å². The summed E-state index contributed by atoms with van der Waals surface area (Å²) in [6.07, 6.45) is 3.04. The van der Waals surface area contributed by atoms with E-state index in [2.05, 4.69) is 10.5 Å². The maximum absolute atomic E-state index is 11.7. The summed E-state index contributed by atoms with van der Waals surface area (Å²) in [6.45, 7) is 0. The van der Waals surface area contributed by atoms with Crippen molar-refractivity contribution in [3.8, 4) is 0 Å². The molecule has 0 bridgehead atoms. The van der Waals surface area contributed by atoms with Gasteiger partial charge in [0.2, 0.25) is 5.56 Å². The van der Waals surface area contributed by atoms with Crippen LogP contribution in [-0.4, -0.2) is 16.7 Å². The molecule has 0 saturated carbocycles. The van der Waals surface area contributed by atoms with Gasteiger partial charge < -0.3 is 4.57 Å². The predicted octanol–water partition coefficient (Wildman–Crippen LogP) is 1.21. The standard InChI is InChI=1S/C12H11N3O2S/c1-15-8-9(4-5-11(15)16)12(17)14-13-7-10-3-2-6-18-10/h2-8H,1H3,(H,14,17)/b13-7+. The molecule has 0 atom stereocenters. The Morgan fingerprint density at radius 3 is 2.94 bits per heavy atom. The number of aryl methyl sites for hydroxylation is 1. The van der Waals surface area contributed by atoms with Gasteiger partial charge in [0.25, 0.3) is 5.91 Å². The third-order valence-corrected chi connectivity index (χ3v) is 3.06. The van der Waals surface area contributed by atoms with E-state index in [1.165, 1.54) is 34.2 Å². The van der Waals surface area contributed by atoms with E-state index in [1.807, 2.05) is 17.5 Å². The summed E-state index contributed by atoms with van der Waals surface area (Å²) >= 11 is 1.53. The molecule has 92 valence electrons. The Balaban J connectivity index is 2.04. The van der Waals surface area contributed by atoms with Gasteiger partial charge in [-0.3, -0.25) is 9.59 Å². The average molecular weight is 261 g/mol. The van der Waals surface area contributed by atoms with Crippen LogP contribution in [0.15, 0.2) is 45.7 Å². The van der Waals surface area contributed by atoms with Crippen LogP contribution in [0.5, 0.6) is 0 Å². The first-order valence-electron chi connectivity index (χ1n) is 5.20. The summed E-state index contributed by atoms with van der Waals surface area (Å²) in [6, 6.07) is 6.61. The van der Waals surface area contributed by atoms with Crippen LogP contribution < -0.4 is 11.0 Å². The fourth-order valence-electron chi connectivity index (χ4n) is 1.31. The van der Waals surface area contributed by atoms with Crippen molar-refractivity contribution in [3.63, 3.8) is 0 Å². The molecule has 5 nitrogen and oxygen atoms in total. The lowest BCUT2D eigenvalue weighted by Gasteiger charge is -2.01. The summed E-state index contributed by atoms with van der Waals surface area (Å²) < 4.78 is 1.35. The first-order valence-corrected chi connectivity index (χ1v) is 6.08. The van der Waals surface area contributed by atoms with Crippen LogP contribution >= 0.6 is 11.3 Å². The van der Waals surface area contributed by atoms with Crippen LogP contribution in [-0.2, 0) is 7.05 Å². The third-order valence-electron chi connectivity index (χ3n) is 2.25. The van der Waals surface area contributed by atoms with Crippen molar-refractivity contribution in [3.05, 3.63) is 56.6 Å². The van der Waals surface area contributed by atoms with Crippen LogP contribution in [0.3, 0.4) is 0 Å². The summed E-state index contributed by atoms with van der Waals surface area (Å²) in [5, 5.41) is 5.77. The topological polar surface area (TPSA) is 63.5 Å². The van der Waals surface area contributed by atoms with Crippen molar-refractivity contribution < 1.29 is 4.79 Å². The molecule has 0 aliphatic heterocycles. The van der Waals surface area contributed by atoms with Crippen LogP contribution in [0.4, 0.5) is 0 Å². The van der Waals surface area contributed by atoms with Crippen molar-refractivity contribution in [2.75, 3.05) is 0 Å². The zero-order valence-electron chi connectivity index (χ0n) is 9.66. The molecule has 18 heavy (non-hydrogen) atoms. The van der Waals surface area contributed by atoms with Crippen LogP contribution in [0.25, 0.3) is 0 Å². The second-order valence-electron chi connectivity index (χ2n) is 3.58. The summed E-state index contributed by atoms with van der Waals surface area (Å²) in [4.78, 5) is 23.8. The number of nitrogens with zero attached hydrogens (tertiary/aromatic N) is 2. The molecule has 0 aromatic carbocycles. The molecule has 2 aromatic rings. The maximum atomic E-state index is 11.7. The van der Waals surface area contributed by atoms with E-state index in [1.54, 1.807) is 13.3 Å². The van der Waals surface area contributed by atoms with Gasteiger partial charge in [0.1, 0.15) is 0 Å². The maximum Gasteiger partial charge on any atom is 0.272 e. The number of carbonyl (C=O) groups excluding carboxylic acids is 1. The van der Waals surface area contributed by atoms with E-state index in [9.17, 15) is 9.59 Å². The Hall–Kier alpha value is -2.21. The Labute approximate surface area is 107 Å². The van der Waals surface area contributed by atoms with Crippen LogP contribution in [0, 0.1) is 0 Å². The highest BCUT2D eigenvalue weighted by molar-refractivity contribution is 7.11. The quantitative estimate of drug-likeness (QED) is 0.666. The molecular weight excluding hydrogens is 250 g/mol. The van der Waals surface area contributed by atoms with Gasteiger partial charge in [0, 0.05) is 24.2 Å². The van der Waals surface area contributed by atoms with E-state index in [-0.39, 0.29) is 11.5 Å². The molecule has 0 saturated heterocycles. The monoisotopic (exact) mass is 261 g/mol. The molecule has 0 radical (unpaired) electrons. The normalized spacial score (nSPS) is 10.7. The van der Waals surface area contributed by atoms with Crippen LogP contribution in [0.1, 0.15) is 15.2 Å². The molecule has 0 aliphatic carbocycles. The number of nitrogens with one attached hydrogen (secondary N) is 1. The summed E-state index contributed by atoms with van der Waals surface area (Å²) in [7, 11) is 1.59. The van der Waals surface area contributed by atoms with Crippen molar-refractivity contribution in [2.24, 2.45) is 12.1 Å². The van der Waals surface area contributed by atoms with E-state index in [0.29, 0.717) is 5.56 Å². The average Bonchev–Trinajstić information content (AvgIpc) is 2.85. The highest BCUT2D eigenvalue weighted by atomic mass is 32.1. The van der Waals surface area contributed by atoms with Gasteiger partial charge in [-0.25, -0.2) is 5.43 Å². The fraction of sp³-hybridized carbons (Fsp3) is 0.0833. The molecule has 2 aromatic heterocycles. The van der Waals surface area contributed by atoms with Crippen molar-refractivity contribution in [1.29, 1.82) is 0 Å². The second kappa shape index (κ2) is 5.42. The number of thiophene rings is 1.